The summed E-state index contributed by atoms with van der Waals surface area (Å²) in [5.41, 5.74) is 4.58. The maximum Gasteiger partial charge on any atom is 0.337 e. The van der Waals surface area contributed by atoms with Gasteiger partial charge in [-0.25, -0.2) is 9.78 Å². The Morgan fingerprint density at radius 1 is 1.33 bits per heavy atom. The van der Waals surface area contributed by atoms with E-state index in [4.69, 9.17) is 28.3 Å². The molecule has 0 radical (unpaired) electrons. The maximum absolute atomic E-state index is 12.6. The standard InChI is InChI=1S/C19H15Cl2N3O3/c20-12-4-3-5-13(21)17(12)18(25)24-15-7-2-1-6-14(15)23-16-9-8-11(10-22-16)19(26)27/h2-4,6,8-10,13H,5,7H2,(H,22,23)(H,24,25)(H,26,27). The summed E-state index contributed by atoms with van der Waals surface area (Å²) in [6, 6.07) is 2.98. The highest BCUT2D eigenvalue weighted by molar-refractivity contribution is 6.36. The molecule has 2 aliphatic carbocycles. The lowest BCUT2D eigenvalue weighted by Gasteiger charge is -2.20. The van der Waals surface area contributed by atoms with Crippen LogP contribution in [0, 0.1) is 0 Å². The molecule has 0 aromatic carbocycles. The second-order valence-electron chi connectivity index (χ2n) is 5.80. The zero-order valence-electron chi connectivity index (χ0n) is 14.0. The minimum atomic E-state index is -1.05. The fourth-order valence-electron chi connectivity index (χ4n) is 2.57. The second kappa shape index (κ2) is 8.27. The van der Waals surface area contributed by atoms with Crippen LogP contribution in [0.4, 0.5) is 5.82 Å². The third-order valence-electron chi connectivity index (χ3n) is 3.94. The molecule has 0 spiro atoms. The zero-order chi connectivity index (χ0) is 19.4. The first kappa shape index (κ1) is 19.0. The number of anilines is 1. The highest BCUT2D eigenvalue weighted by Gasteiger charge is 2.25. The van der Waals surface area contributed by atoms with Gasteiger partial charge < -0.3 is 15.7 Å². The van der Waals surface area contributed by atoms with Gasteiger partial charge in [0.25, 0.3) is 5.91 Å². The molecule has 0 saturated carbocycles. The Bertz CT molecular complexity index is 939. The molecule has 27 heavy (non-hydrogen) atoms. The van der Waals surface area contributed by atoms with Crippen molar-refractivity contribution in [2.24, 2.45) is 0 Å². The van der Waals surface area contributed by atoms with E-state index in [9.17, 15) is 9.59 Å². The van der Waals surface area contributed by atoms with Crippen LogP contribution >= 0.6 is 23.2 Å². The predicted octanol–water partition coefficient (Wildman–Crippen LogP) is 3.69. The molecule has 8 heteroatoms. The number of alkyl halides is 1. The van der Waals surface area contributed by atoms with E-state index >= 15 is 0 Å². The number of rotatable bonds is 5. The Hall–Kier alpha value is -2.79. The largest absolute Gasteiger partial charge is 0.478 e. The van der Waals surface area contributed by atoms with E-state index in [1.807, 2.05) is 6.08 Å². The average molecular weight is 404 g/mol. The third-order valence-corrected chi connectivity index (χ3v) is 4.66. The lowest BCUT2D eigenvalue weighted by molar-refractivity contribution is -0.117. The summed E-state index contributed by atoms with van der Waals surface area (Å²) < 4.78 is 0. The van der Waals surface area contributed by atoms with Gasteiger partial charge in [-0.15, -0.1) is 17.3 Å². The first-order valence-corrected chi connectivity index (χ1v) is 8.89. The van der Waals surface area contributed by atoms with Gasteiger partial charge in [0.1, 0.15) is 5.82 Å². The van der Waals surface area contributed by atoms with Gasteiger partial charge in [-0.05, 0) is 30.7 Å². The van der Waals surface area contributed by atoms with Gasteiger partial charge >= 0.3 is 5.97 Å². The Morgan fingerprint density at radius 2 is 2.15 bits per heavy atom. The number of pyridine rings is 1. The maximum atomic E-state index is 12.6. The minimum Gasteiger partial charge on any atom is -0.478 e. The van der Waals surface area contributed by atoms with Crippen molar-refractivity contribution in [2.45, 2.75) is 18.2 Å². The van der Waals surface area contributed by atoms with E-state index in [1.54, 1.807) is 24.3 Å². The average Bonchev–Trinajstić information content (AvgIpc) is 2.63. The van der Waals surface area contributed by atoms with Crippen LogP contribution in [0.25, 0.3) is 0 Å². The summed E-state index contributed by atoms with van der Waals surface area (Å²) in [5, 5.41) is 14.7. The molecule has 2 aliphatic rings. The van der Waals surface area contributed by atoms with E-state index in [0.29, 0.717) is 40.7 Å². The molecule has 1 aromatic rings. The summed E-state index contributed by atoms with van der Waals surface area (Å²) in [7, 11) is 0. The van der Waals surface area contributed by atoms with Crippen LogP contribution in [0.5, 0.6) is 0 Å². The molecular formula is C19H15Cl2N3O3. The second-order valence-corrected chi connectivity index (χ2v) is 6.73. The van der Waals surface area contributed by atoms with Crippen molar-refractivity contribution in [1.82, 2.24) is 10.3 Å². The number of carbonyl (C=O) groups excluding carboxylic acids is 1. The van der Waals surface area contributed by atoms with Crippen molar-refractivity contribution in [2.75, 3.05) is 5.32 Å². The lowest BCUT2D eigenvalue weighted by atomic mass is 10.0. The van der Waals surface area contributed by atoms with Crippen LogP contribution < -0.4 is 10.6 Å². The smallest absolute Gasteiger partial charge is 0.337 e. The number of amides is 1. The first-order chi connectivity index (χ1) is 13.0. The van der Waals surface area contributed by atoms with Gasteiger partial charge in [0.15, 0.2) is 0 Å². The quantitative estimate of drug-likeness (QED) is 0.514. The van der Waals surface area contributed by atoms with Crippen LogP contribution in [0.15, 0.2) is 70.4 Å². The van der Waals surface area contributed by atoms with Crippen LogP contribution in [0.3, 0.4) is 0 Å². The Morgan fingerprint density at radius 3 is 2.81 bits per heavy atom. The monoisotopic (exact) mass is 403 g/mol. The summed E-state index contributed by atoms with van der Waals surface area (Å²) in [6.45, 7) is 0. The molecule has 1 unspecified atom stereocenters. The molecule has 0 aliphatic heterocycles. The minimum absolute atomic E-state index is 0.0854. The predicted molar refractivity (Wildman–Crippen MR) is 104 cm³/mol. The van der Waals surface area contributed by atoms with Gasteiger partial charge in [0.2, 0.25) is 0 Å². The number of carboxylic acids is 1. The number of halogens is 2. The number of nitrogens with zero attached hydrogens (tertiary/aromatic N) is 1. The molecule has 6 nitrogen and oxygen atoms in total. The Kier molecular flexibility index (Phi) is 5.81. The number of carbonyl (C=O) groups is 2. The van der Waals surface area contributed by atoms with Gasteiger partial charge in [-0.1, -0.05) is 17.7 Å². The van der Waals surface area contributed by atoms with Crippen molar-refractivity contribution in [3.8, 4) is 0 Å². The van der Waals surface area contributed by atoms with E-state index in [1.165, 1.54) is 12.3 Å². The van der Waals surface area contributed by atoms with E-state index in [2.05, 4.69) is 21.3 Å². The summed E-state index contributed by atoms with van der Waals surface area (Å²) in [5.74, 6) is -0.977. The van der Waals surface area contributed by atoms with Crippen LogP contribution in [-0.4, -0.2) is 27.3 Å². The summed E-state index contributed by atoms with van der Waals surface area (Å²) in [4.78, 5) is 27.6. The van der Waals surface area contributed by atoms with Crippen LogP contribution in [-0.2, 0) is 4.79 Å². The summed E-state index contributed by atoms with van der Waals surface area (Å²) in [6.07, 6.45) is 9.16. The van der Waals surface area contributed by atoms with Gasteiger partial charge in [0.05, 0.1) is 27.2 Å². The number of carboxylic acid groups (broad SMARTS) is 1. The summed E-state index contributed by atoms with van der Waals surface area (Å²) >= 11 is 12.4. The van der Waals surface area contributed by atoms with E-state index in [0.717, 1.165) is 0 Å². The van der Waals surface area contributed by atoms with E-state index < -0.39 is 11.3 Å². The van der Waals surface area contributed by atoms with Crippen molar-refractivity contribution in [1.29, 1.82) is 0 Å². The molecule has 1 atom stereocenters. The Labute approximate surface area is 165 Å². The fourth-order valence-corrected chi connectivity index (χ4v) is 3.25. The molecule has 0 saturated heterocycles. The number of allylic oxidation sites excluding steroid dienone is 5. The topological polar surface area (TPSA) is 91.3 Å². The Balaban J connectivity index is 1.81. The van der Waals surface area contributed by atoms with Crippen molar-refractivity contribution >= 4 is 40.9 Å². The van der Waals surface area contributed by atoms with Gasteiger partial charge in [0, 0.05) is 24.4 Å². The molecule has 3 N–H and O–H groups in total. The fraction of sp³-hybridized carbons (Fsp3) is 0.158. The van der Waals surface area contributed by atoms with Crippen molar-refractivity contribution < 1.29 is 14.7 Å². The lowest BCUT2D eigenvalue weighted by Crippen LogP contribution is -2.31. The highest BCUT2D eigenvalue weighted by atomic mass is 35.5. The zero-order valence-corrected chi connectivity index (χ0v) is 15.5. The molecule has 3 rings (SSSR count). The molecule has 1 heterocycles. The number of hydrogen-bond donors (Lipinski definition) is 3. The number of nitrogens with one attached hydrogen (secondary N) is 2. The first-order valence-electron chi connectivity index (χ1n) is 8.08. The van der Waals surface area contributed by atoms with Crippen molar-refractivity contribution in [3.05, 3.63) is 75.9 Å². The molecular weight excluding hydrogens is 389 g/mol. The SMILES string of the molecule is O=C(NC1=C(Nc2ccc(C(=O)O)cn2)C=C=CC1)C1=C(Cl)C=CCC1Cl. The number of hydrogen-bond acceptors (Lipinski definition) is 4. The molecule has 1 amide bonds. The normalized spacial score (nSPS) is 18.7. The van der Waals surface area contributed by atoms with Crippen LogP contribution in [0.2, 0.25) is 0 Å². The van der Waals surface area contributed by atoms with Gasteiger partial charge in [-0.2, -0.15) is 0 Å². The number of aromatic nitrogens is 1. The van der Waals surface area contributed by atoms with E-state index in [-0.39, 0.29) is 11.5 Å². The third kappa shape index (κ3) is 4.49. The molecule has 1 aromatic heterocycles. The van der Waals surface area contributed by atoms with Crippen molar-refractivity contribution in [3.63, 3.8) is 0 Å². The number of aromatic carboxylic acids is 1. The van der Waals surface area contributed by atoms with Crippen LogP contribution in [0.1, 0.15) is 23.2 Å². The molecule has 0 bridgehead atoms. The molecule has 0 fully saturated rings. The molecule has 138 valence electrons. The highest BCUT2D eigenvalue weighted by Crippen LogP contribution is 2.27. The van der Waals surface area contributed by atoms with Gasteiger partial charge in [-0.3, -0.25) is 4.79 Å².